The van der Waals surface area contributed by atoms with Gasteiger partial charge in [-0.3, -0.25) is 9.69 Å². The van der Waals surface area contributed by atoms with E-state index in [1.165, 1.54) is 6.92 Å². The summed E-state index contributed by atoms with van der Waals surface area (Å²) in [6, 6.07) is 2.20. The molecular formula is C23H28F2N10O3. The van der Waals surface area contributed by atoms with Gasteiger partial charge in [0.05, 0.1) is 24.8 Å². The van der Waals surface area contributed by atoms with Crippen LogP contribution >= 0.6 is 0 Å². The number of nitrogens with one attached hydrogen (secondary N) is 1. The van der Waals surface area contributed by atoms with E-state index in [9.17, 15) is 9.59 Å². The summed E-state index contributed by atoms with van der Waals surface area (Å²) in [6.45, 7) is 4.81. The standard InChI is InChI=1S/C23H28F2N10O3/c1-15(36)27-12-18-13-34(23(37)38-18)17-10-19(24)21(20(25)11-17)32-4-2-16(3-5-32)35-29-22(28-30-35)33-8-6-31(14-26)7-9-33/h10-11,16,18H,2-9,12-13H2,1H3,(H,27,36)/t18-/m0/s1. The fraction of sp³-hybridized carbons (Fsp3) is 0.565. The van der Waals surface area contributed by atoms with Crippen LogP contribution in [-0.4, -0.2) is 95.6 Å². The molecule has 0 saturated carbocycles. The molecule has 1 atom stereocenters. The molecule has 1 N–H and O–H groups in total. The minimum atomic E-state index is -0.769. The highest BCUT2D eigenvalue weighted by Gasteiger charge is 2.34. The Morgan fingerprint density at radius 3 is 2.45 bits per heavy atom. The van der Waals surface area contributed by atoms with Crippen LogP contribution in [0.25, 0.3) is 0 Å². The van der Waals surface area contributed by atoms with Crippen LogP contribution in [0.4, 0.5) is 30.9 Å². The third-order valence-corrected chi connectivity index (χ3v) is 7.00. The van der Waals surface area contributed by atoms with Crippen molar-refractivity contribution in [3.63, 3.8) is 0 Å². The summed E-state index contributed by atoms with van der Waals surface area (Å²) < 4.78 is 35.4. The number of amides is 2. The van der Waals surface area contributed by atoms with Crippen LogP contribution in [-0.2, 0) is 9.53 Å². The molecule has 0 radical (unpaired) electrons. The summed E-state index contributed by atoms with van der Waals surface area (Å²) in [5, 5.41) is 24.4. The Labute approximate surface area is 217 Å². The molecule has 202 valence electrons. The van der Waals surface area contributed by atoms with E-state index in [0.29, 0.717) is 58.1 Å². The first-order valence-corrected chi connectivity index (χ1v) is 12.5. The second kappa shape index (κ2) is 10.6. The number of rotatable bonds is 6. The Morgan fingerprint density at radius 2 is 1.82 bits per heavy atom. The van der Waals surface area contributed by atoms with Crippen LogP contribution in [0.3, 0.4) is 0 Å². The first-order valence-electron chi connectivity index (χ1n) is 12.5. The van der Waals surface area contributed by atoms with E-state index in [-0.39, 0.29) is 36.4 Å². The summed E-state index contributed by atoms with van der Waals surface area (Å²) in [5.41, 5.74) is -0.0823. The number of ether oxygens (including phenoxy) is 1. The van der Waals surface area contributed by atoms with Crippen molar-refractivity contribution >= 4 is 29.3 Å². The normalized spacial score (nSPS) is 20.5. The number of tetrazole rings is 1. The number of piperazine rings is 1. The second-order valence-electron chi connectivity index (χ2n) is 9.51. The largest absolute Gasteiger partial charge is 0.442 e. The van der Waals surface area contributed by atoms with Crippen molar-refractivity contribution in [2.75, 3.05) is 67.1 Å². The van der Waals surface area contributed by atoms with Gasteiger partial charge in [0.25, 0.3) is 5.95 Å². The molecule has 3 saturated heterocycles. The quantitative estimate of drug-likeness (QED) is 0.536. The van der Waals surface area contributed by atoms with E-state index in [1.807, 2.05) is 4.90 Å². The maximum Gasteiger partial charge on any atom is 0.414 e. The summed E-state index contributed by atoms with van der Waals surface area (Å²) >= 11 is 0. The van der Waals surface area contributed by atoms with Crippen molar-refractivity contribution in [3.8, 4) is 6.19 Å². The lowest BCUT2D eigenvalue weighted by atomic mass is 10.0. The van der Waals surface area contributed by atoms with Gasteiger partial charge in [-0.1, -0.05) is 5.10 Å². The molecule has 13 nitrogen and oxygen atoms in total. The van der Waals surface area contributed by atoms with Crippen molar-refractivity contribution in [3.05, 3.63) is 23.8 Å². The molecular weight excluding hydrogens is 502 g/mol. The lowest BCUT2D eigenvalue weighted by Crippen LogP contribution is -2.44. The number of anilines is 3. The van der Waals surface area contributed by atoms with Crippen LogP contribution < -0.4 is 20.0 Å². The molecule has 0 bridgehead atoms. The Hall–Kier alpha value is -4.22. The predicted octanol–water partition coefficient (Wildman–Crippen LogP) is 0.857. The fourth-order valence-electron chi connectivity index (χ4n) is 4.93. The number of halogens is 2. The number of carbonyl (C=O) groups is 2. The van der Waals surface area contributed by atoms with E-state index in [1.54, 1.807) is 14.6 Å². The number of benzene rings is 1. The molecule has 0 unspecified atom stereocenters. The van der Waals surface area contributed by atoms with Crippen molar-refractivity contribution in [2.45, 2.75) is 31.9 Å². The zero-order valence-electron chi connectivity index (χ0n) is 20.9. The maximum absolute atomic E-state index is 15.1. The van der Waals surface area contributed by atoms with Crippen molar-refractivity contribution in [1.29, 1.82) is 5.26 Å². The SMILES string of the molecule is CC(=O)NC[C@H]1CN(c2cc(F)c(N3CCC(n4nnc(N5CCN(C#N)CC5)n4)CC3)c(F)c2)C(=O)O1. The number of piperidine rings is 1. The summed E-state index contributed by atoms with van der Waals surface area (Å²) in [7, 11) is 0. The van der Waals surface area contributed by atoms with Gasteiger partial charge >= 0.3 is 6.09 Å². The Morgan fingerprint density at radius 1 is 1.13 bits per heavy atom. The molecule has 4 heterocycles. The average Bonchev–Trinajstić information content (AvgIpc) is 3.54. The molecule has 2 amide bonds. The number of hydrogen-bond donors (Lipinski definition) is 1. The van der Waals surface area contributed by atoms with Crippen LogP contribution in [0, 0.1) is 23.1 Å². The second-order valence-corrected chi connectivity index (χ2v) is 9.51. The molecule has 3 fully saturated rings. The highest BCUT2D eigenvalue weighted by Crippen LogP contribution is 2.34. The van der Waals surface area contributed by atoms with Crippen LogP contribution in [0.15, 0.2) is 12.1 Å². The smallest absolute Gasteiger partial charge is 0.414 e. The van der Waals surface area contributed by atoms with E-state index >= 15 is 8.78 Å². The molecule has 0 aliphatic carbocycles. The van der Waals surface area contributed by atoms with Crippen LogP contribution in [0.1, 0.15) is 25.8 Å². The van der Waals surface area contributed by atoms with Gasteiger partial charge < -0.3 is 24.8 Å². The molecule has 38 heavy (non-hydrogen) atoms. The molecule has 1 aromatic carbocycles. The highest BCUT2D eigenvalue weighted by molar-refractivity contribution is 5.90. The molecule has 1 aromatic heterocycles. The van der Waals surface area contributed by atoms with Gasteiger partial charge in [-0.05, 0) is 18.1 Å². The van der Waals surface area contributed by atoms with E-state index in [2.05, 4.69) is 26.9 Å². The summed E-state index contributed by atoms with van der Waals surface area (Å²) in [6.07, 6.45) is 1.95. The molecule has 2 aromatic rings. The van der Waals surface area contributed by atoms with Crippen molar-refractivity contribution in [2.24, 2.45) is 0 Å². The lowest BCUT2D eigenvalue weighted by molar-refractivity contribution is -0.119. The van der Waals surface area contributed by atoms with E-state index < -0.39 is 23.8 Å². The molecule has 3 aliphatic heterocycles. The Kier molecular flexibility index (Phi) is 7.12. The predicted molar refractivity (Wildman–Crippen MR) is 130 cm³/mol. The lowest BCUT2D eigenvalue weighted by Gasteiger charge is -2.33. The molecule has 3 aliphatic rings. The topological polar surface area (TPSA) is 136 Å². The van der Waals surface area contributed by atoms with E-state index in [4.69, 9.17) is 10.00 Å². The van der Waals surface area contributed by atoms with Gasteiger partial charge in [-0.25, -0.2) is 13.6 Å². The fourth-order valence-corrected chi connectivity index (χ4v) is 4.93. The number of nitrogens with zero attached hydrogens (tertiary/aromatic N) is 9. The van der Waals surface area contributed by atoms with Crippen LogP contribution in [0.2, 0.25) is 0 Å². The third kappa shape index (κ3) is 5.24. The number of hydrogen-bond acceptors (Lipinski definition) is 10. The van der Waals surface area contributed by atoms with Gasteiger partial charge in [0.15, 0.2) is 17.8 Å². The zero-order chi connectivity index (χ0) is 26.8. The number of carbonyl (C=O) groups excluding carboxylic acids is 2. The first-order chi connectivity index (χ1) is 18.3. The van der Waals surface area contributed by atoms with E-state index in [0.717, 1.165) is 17.0 Å². The Balaban J connectivity index is 1.20. The average molecular weight is 531 g/mol. The monoisotopic (exact) mass is 530 g/mol. The summed E-state index contributed by atoms with van der Waals surface area (Å²) in [5.74, 6) is -1.29. The van der Waals surface area contributed by atoms with Crippen LogP contribution in [0.5, 0.6) is 0 Å². The minimum absolute atomic E-state index is 0.0572. The van der Waals surface area contributed by atoms with Gasteiger partial charge in [0.1, 0.15) is 11.8 Å². The highest BCUT2D eigenvalue weighted by atomic mass is 19.1. The zero-order valence-corrected chi connectivity index (χ0v) is 20.9. The maximum atomic E-state index is 15.1. The number of nitriles is 1. The summed E-state index contributed by atoms with van der Waals surface area (Å²) in [4.78, 5) is 31.4. The van der Waals surface area contributed by atoms with Crippen molar-refractivity contribution < 1.29 is 23.1 Å². The number of aromatic nitrogens is 4. The first kappa shape index (κ1) is 25.4. The third-order valence-electron chi connectivity index (χ3n) is 7.00. The molecule has 5 rings (SSSR count). The van der Waals surface area contributed by atoms with Gasteiger partial charge in [-0.2, -0.15) is 10.1 Å². The van der Waals surface area contributed by atoms with Crippen molar-refractivity contribution in [1.82, 2.24) is 30.4 Å². The Bertz CT molecular complexity index is 1210. The van der Waals surface area contributed by atoms with Gasteiger partial charge in [0, 0.05) is 58.3 Å². The molecule has 0 spiro atoms. The minimum Gasteiger partial charge on any atom is -0.442 e. The van der Waals surface area contributed by atoms with Gasteiger partial charge in [0.2, 0.25) is 5.91 Å². The molecule has 15 heteroatoms. The van der Waals surface area contributed by atoms with Gasteiger partial charge in [-0.15, -0.1) is 5.10 Å². The number of cyclic esters (lactones) is 1.